The first kappa shape index (κ1) is 15.0. The van der Waals surface area contributed by atoms with Crippen LogP contribution in [0.4, 0.5) is 5.69 Å². The van der Waals surface area contributed by atoms with Crippen LogP contribution in [0.25, 0.3) is 0 Å². The van der Waals surface area contributed by atoms with Crippen LogP contribution in [0.15, 0.2) is 18.2 Å². The van der Waals surface area contributed by atoms with Crippen LogP contribution in [0.5, 0.6) is 0 Å². The van der Waals surface area contributed by atoms with Crippen molar-refractivity contribution in [3.63, 3.8) is 0 Å². The molecule has 1 aliphatic heterocycles. The average molecular weight is 299 g/mol. The number of nitrogens with one attached hydrogen (secondary N) is 1. The first-order chi connectivity index (χ1) is 9.08. The maximum Gasteiger partial charge on any atom is 0.0413 e. The Morgan fingerprint density at radius 1 is 1.47 bits per heavy atom. The molecule has 1 heterocycles. The van der Waals surface area contributed by atoms with Gasteiger partial charge in [-0.2, -0.15) is 11.8 Å². The second-order valence-electron chi connectivity index (χ2n) is 5.44. The lowest BCUT2D eigenvalue weighted by Crippen LogP contribution is -2.33. The monoisotopic (exact) mass is 298 g/mol. The summed E-state index contributed by atoms with van der Waals surface area (Å²) in [6.45, 7) is 5.21. The van der Waals surface area contributed by atoms with Gasteiger partial charge in [-0.3, -0.25) is 0 Å². The molecule has 0 bridgehead atoms. The van der Waals surface area contributed by atoms with E-state index in [9.17, 15) is 0 Å². The molecule has 1 N–H and O–H groups in total. The molecule has 0 aliphatic carbocycles. The van der Waals surface area contributed by atoms with E-state index in [1.165, 1.54) is 29.2 Å². The minimum absolute atomic E-state index is 0.485. The molecule has 19 heavy (non-hydrogen) atoms. The zero-order valence-electron chi connectivity index (χ0n) is 11.9. The standard InChI is InChI=1S/C15H23ClN2S/c1-11(2)17-9-12-8-13(16)4-5-15(12)18(3)14-6-7-19-10-14/h4-5,8,11,14,17H,6-7,9-10H2,1-3H3. The number of halogens is 1. The zero-order valence-corrected chi connectivity index (χ0v) is 13.5. The van der Waals surface area contributed by atoms with Crippen LogP contribution in [-0.4, -0.2) is 30.6 Å². The smallest absolute Gasteiger partial charge is 0.0413 e. The van der Waals surface area contributed by atoms with E-state index in [1.807, 2.05) is 17.8 Å². The summed E-state index contributed by atoms with van der Waals surface area (Å²) in [5.41, 5.74) is 2.60. The number of anilines is 1. The average Bonchev–Trinajstić information content (AvgIpc) is 2.89. The van der Waals surface area contributed by atoms with E-state index in [4.69, 9.17) is 11.6 Å². The summed E-state index contributed by atoms with van der Waals surface area (Å²) in [6, 6.07) is 7.38. The third-order valence-corrected chi connectivity index (χ3v) is 4.96. The van der Waals surface area contributed by atoms with Gasteiger partial charge in [0.2, 0.25) is 0 Å². The summed E-state index contributed by atoms with van der Waals surface area (Å²) >= 11 is 8.20. The minimum Gasteiger partial charge on any atom is -0.370 e. The number of rotatable bonds is 5. The van der Waals surface area contributed by atoms with Gasteiger partial charge < -0.3 is 10.2 Å². The van der Waals surface area contributed by atoms with Crippen LogP contribution in [0.3, 0.4) is 0 Å². The Hall–Kier alpha value is -0.380. The highest BCUT2D eigenvalue weighted by Gasteiger charge is 2.22. The highest BCUT2D eigenvalue weighted by atomic mass is 35.5. The number of thioether (sulfide) groups is 1. The molecular formula is C15H23ClN2S. The first-order valence-corrected chi connectivity index (χ1v) is 8.43. The first-order valence-electron chi connectivity index (χ1n) is 6.90. The summed E-state index contributed by atoms with van der Waals surface area (Å²) in [6.07, 6.45) is 1.28. The molecule has 1 saturated heterocycles. The van der Waals surface area contributed by atoms with Crippen LogP contribution in [0, 0.1) is 0 Å². The van der Waals surface area contributed by atoms with E-state index in [0.717, 1.165) is 11.6 Å². The molecule has 0 amide bonds. The van der Waals surface area contributed by atoms with Crippen molar-refractivity contribution < 1.29 is 0 Å². The number of hydrogen-bond acceptors (Lipinski definition) is 3. The van der Waals surface area contributed by atoms with Gasteiger partial charge >= 0.3 is 0 Å². The van der Waals surface area contributed by atoms with Crippen molar-refractivity contribution in [2.24, 2.45) is 0 Å². The van der Waals surface area contributed by atoms with E-state index in [2.05, 4.69) is 43.2 Å². The Morgan fingerprint density at radius 3 is 2.89 bits per heavy atom. The molecule has 2 nitrogen and oxygen atoms in total. The number of nitrogens with zero attached hydrogens (tertiary/aromatic N) is 1. The zero-order chi connectivity index (χ0) is 13.8. The van der Waals surface area contributed by atoms with Crippen molar-refractivity contribution in [1.29, 1.82) is 0 Å². The van der Waals surface area contributed by atoms with Gasteiger partial charge in [0.1, 0.15) is 0 Å². The molecule has 0 spiro atoms. The molecule has 1 aromatic rings. The van der Waals surface area contributed by atoms with Crippen molar-refractivity contribution >= 4 is 29.1 Å². The van der Waals surface area contributed by atoms with Gasteiger partial charge in [-0.25, -0.2) is 0 Å². The van der Waals surface area contributed by atoms with E-state index < -0.39 is 0 Å². The van der Waals surface area contributed by atoms with Crippen LogP contribution in [-0.2, 0) is 6.54 Å². The fraction of sp³-hybridized carbons (Fsp3) is 0.600. The molecule has 0 aromatic heterocycles. The Labute approximate surface area is 125 Å². The second kappa shape index (κ2) is 6.87. The molecule has 2 rings (SSSR count). The molecule has 1 unspecified atom stereocenters. The lowest BCUT2D eigenvalue weighted by Gasteiger charge is -2.28. The lowest BCUT2D eigenvalue weighted by molar-refractivity contribution is 0.586. The fourth-order valence-electron chi connectivity index (χ4n) is 2.38. The lowest BCUT2D eigenvalue weighted by atomic mass is 10.1. The Balaban J connectivity index is 2.17. The second-order valence-corrected chi connectivity index (χ2v) is 7.02. The van der Waals surface area contributed by atoms with Crippen LogP contribution < -0.4 is 10.2 Å². The quantitative estimate of drug-likeness (QED) is 0.890. The van der Waals surface area contributed by atoms with Gasteiger partial charge in [-0.05, 0) is 35.9 Å². The molecule has 4 heteroatoms. The van der Waals surface area contributed by atoms with E-state index in [0.29, 0.717) is 12.1 Å². The SMILES string of the molecule is CC(C)NCc1cc(Cl)ccc1N(C)C1CCSC1. The molecule has 0 saturated carbocycles. The maximum absolute atomic E-state index is 6.15. The van der Waals surface area contributed by atoms with Crippen molar-refractivity contribution in [3.8, 4) is 0 Å². The van der Waals surface area contributed by atoms with Gasteiger partial charge in [0.05, 0.1) is 0 Å². The van der Waals surface area contributed by atoms with Crippen molar-refractivity contribution in [3.05, 3.63) is 28.8 Å². The molecule has 0 radical (unpaired) electrons. The van der Waals surface area contributed by atoms with Gasteiger partial charge in [0.25, 0.3) is 0 Å². The van der Waals surface area contributed by atoms with Gasteiger partial charge in [0.15, 0.2) is 0 Å². The Bertz CT molecular complexity index is 417. The summed E-state index contributed by atoms with van der Waals surface area (Å²) < 4.78 is 0. The normalized spacial score (nSPS) is 19.1. The summed E-state index contributed by atoms with van der Waals surface area (Å²) in [7, 11) is 2.21. The molecular weight excluding hydrogens is 276 g/mol. The Kier molecular flexibility index (Phi) is 5.43. The van der Waals surface area contributed by atoms with Crippen molar-refractivity contribution in [2.45, 2.75) is 38.9 Å². The largest absolute Gasteiger partial charge is 0.370 e. The molecule has 1 aromatic carbocycles. The van der Waals surface area contributed by atoms with Crippen LogP contribution in [0.1, 0.15) is 25.8 Å². The topological polar surface area (TPSA) is 15.3 Å². The highest BCUT2D eigenvalue weighted by Crippen LogP contribution is 2.30. The third-order valence-electron chi connectivity index (χ3n) is 3.58. The summed E-state index contributed by atoms with van der Waals surface area (Å²) in [5.74, 6) is 2.51. The summed E-state index contributed by atoms with van der Waals surface area (Å²) in [4.78, 5) is 2.42. The van der Waals surface area contributed by atoms with Gasteiger partial charge in [-0.15, -0.1) is 0 Å². The van der Waals surface area contributed by atoms with Crippen LogP contribution in [0.2, 0.25) is 5.02 Å². The number of hydrogen-bond donors (Lipinski definition) is 1. The van der Waals surface area contributed by atoms with Crippen molar-refractivity contribution in [1.82, 2.24) is 5.32 Å². The summed E-state index contributed by atoms with van der Waals surface area (Å²) in [5, 5.41) is 4.30. The maximum atomic E-state index is 6.15. The molecule has 1 fully saturated rings. The molecule has 1 atom stereocenters. The van der Waals surface area contributed by atoms with E-state index in [1.54, 1.807) is 0 Å². The van der Waals surface area contributed by atoms with Crippen LogP contribution >= 0.6 is 23.4 Å². The fourth-order valence-corrected chi connectivity index (χ4v) is 3.84. The third kappa shape index (κ3) is 4.04. The predicted molar refractivity (Wildman–Crippen MR) is 87.6 cm³/mol. The number of benzene rings is 1. The molecule has 106 valence electrons. The van der Waals surface area contributed by atoms with Crippen molar-refractivity contribution in [2.75, 3.05) is 23.5 Å². The van der Waals surface area contributed by atoms with E-state index in [-0.39, 0.29) is 0 Å². The minimum atomic E-state index is 0.485. The van der Waals surface area contributed by atoms with Gasteiger partial charge in [0, 0.05) is 42.1 Å². The Morgan fingerprint density at radius 2 is 2.26 bits per heavy atom. The highest BCUT2D eigenvalue weighted by molar-refractivity contribution is 7.99. The van der Waals surface area contributed by atoms with E-state index >= 15 is 0 Å². The van der Waals surface area contributed by atoms with Gasteiger partial charge in [-0.1, -0.05) is 25.4 Å². The predicted octanol–water partition coefficient (Wildman–Crippen LogP) is 3.78. The molecule has 1 aliphatic rings.